The van der Waals surface area contributed by atoms with Crippen molar-refractivity contribution in [3.05, 3.63) is 24.2 Å². The van der Waals surface area contributed by atoms with Crippen LogP contribution in [0.5, 0.6) is 0 Å². The van der Waals surface area contributed by atoms with Crippen molar-refractivity contribution in [1.82, 2.24) is 5.32 Å². The lowest BCUT2D eigenvalue weighted by molar-refractivity contribution is -0.175. The van der Waals surface area contributed by atoms with Crippen LogP contribution in [0.15, 0.2) is 22.8 Å². The number of furan rings is 1. The summed E-state index contributed by atoms with van der Waals surface area (Å²) in [7, 11) is 0. The average molecular weight is 237 g/mol. The van der Waals surface area contributed by atoms with Gasteiger partial charge < -0.3 is 14.5 Å². The number of nitrogens with one attached hydrogen (secondary N) is 1. The second-order valence-electron chi connectivity index (χ2n) is 3.26. The van der Waals surface area contributed by atoms with E-state index >= 15 is 0 Å². The lowest BCUT2D eigenvalue weighted by atomic mass is 10.2. The fourth-order valence-electron chi connectivity index (χ4n) is 1.27. The molecule has 16 heavy (non-hydrogen) atoms. The molecule has 1 unspecified atom stereocenters. The highest BCUT2D eigenvalue weighted by molar-refractivity contribution is 5.04. The predicted molar refractivity (Wildman–Crippen MR) is 52.0 cm³/mol. The normalized spacial score (nSPS) is 14.0. The number of hydrogen-bond acceptors (Lipinski definition) is 3. The first-order valence-electron chi connectivity index (χ1n) is 4.94. The van der Waals surface area contributed by atoms with E-state index in [1.54, 1.807) is 12.1 Å². The minimum Gasteiger partial charge on any atom is -0.468 e. The van der Waals surface area contributed by atoms with Gasteiger partial charge in [0.2, 0.25) is 0 Å². The highest BCUT2D eigenvalue weighted by Crippen LogP contribution is 2.17. The number of likely N-dealkylation sites (N-methyl/N-ethyl adjacent to an activating group) is 1. The van der Waals surface area contributed by atoms with Crippen LogP contribution in [-0.4, -0.2) is 25.9 Å². The zero-order chi connectivity index (χ0) is 12.0. The third-order valence-electron chi connectivity index (χ3n) is 1.89. The van der Waals surface area contributed by atoms with Gasteiger partial charge in [0.05, 0.1) is 18.9 Å². The Kier molecular flexibility index (Phi) is 4.82. The maximum absolute atomic E-state index is 11.9. The predicted octanol–water partition coefficient (Wildman–Crippen LogP) is 2.51. The Morgan fingerprint density at radius 1 is 1.50 bits per heavy atom. The molecule has 0 saturated carbocycles. The highest BCUT2D eigenvalue weighted by atomic mass is 19.4. The molecule has 1 heterocycles. The Morgan fingerprint density at radius 3 is 2.75 bits per heavy atom. The fraction of sp³-hybridized carbons (Fsp3) is 0.600. The summed E-state index contributed by atoms with van der Waals surface area (Å²) in [5.74, 6) is 0.573. The largest absolute Gasteiger partial charge is 0.468 e. The van der Waals surface area contributed by atoms with Crippen LogP contribution >= 0.6 is 0 Å². The first-order valence-corrected chi connectivity index (χ1v) is 4.94. The minimum absolute atomic E-state index is 0.0686. The molecule has 0 fully saturated rings. The summed E-state index contributed by atoms with van der Waals surface area (Å²) in [6.45, 7) is 1.18. The summed E-state index contributed by atoms with van der Waals surface area (Å²) in [6, 6.07) is 3.04. The zero-order valence-corrected chi connectivity index (χ0v) is 8.88. The lowest BCUT2D eigenvalue weighted by Gasteiger charge is -2.16. The van der Waals surface area contributed by atoms with Crippen LogP contribution in [0.3, 0.4) is 0 Å². The monoisotopic (exact) mass is 237 g/mol. The summed E-state index contributed by atoms with van der Waals surface area (Å²) in [5.41, 5.74) is 0. The summed E-state index contributed by atoms with van der Waals surface area (Å²) in [5, 5.41) is 2.99. The maximum atomic E-state index is 11.9. The summed E-state index contributed by atoms with van der Waals surface area (Å²) in [6.07, 6.45) is -2.82. The van der Waals surface area contributed by atoms with E-state index in [0.717, 1.165) is 0 Å². The molecule has 1 aromatic heterocycles. The third-order valence-corrected chi connectivity index (χ3v) is 1.89. The van der Waals surface area contributed by atoms with Crippen LogP contribution in [0.2, 0.25) is 0 Å². The molecule has 92 valence electrons. The summed E-state index contributed by atoms with van der Waals surface area (Å²) < 4.78 is 45.3. The molecule has 0 aliphatic heterocycles. The van der Waals surface area contributed by atoms with Crippen molar-refractivity contribution in [2.75, 3.05) is 19.8 Å². The molecule has 0 aliphatic rings. The lowest BCUT2D eigenvalue weighted by Crippen LogP contribution is -2.27. The van der Waals surface area contributed by atoms with Crippen molar-refractivity contribution in [2.45, 2.75) is 19.1 Å². The van der Waals surface area contributed by atoms with Gasteiger partial charge in [-0.15, -0.1) is 0 Å². The summed E-state index contributed by atoms with van der Waals surface area (Å²) in [4.78, 5) is 0. The second kappa shape index (κ2) is 5.91. The number of alkyl halides is 3. The van der Waals surface area contributed by atoms with Crippen LogP contribution < -0.4 is 5.32 Å². The van der Waals surface area contributed by atoms with Gasteiger partial charge in [0.25, 0.3) is 0 Å². The van der Waals surface area contributed by atoms with Gasteiger partial charge in [0.15, 0.2) is 0 Å². The summed E-state index contributed by atoms with van der Waals surface area (Å²) >= 11 is 0. The van der Waals surface area contributed by atoms with Crippen molar-refractivity contribution in [3.63, 3.8) is 0 Å². The molecule has 0 spiro atoms. The van der Waals surface area contributed by atoms with Gasteiger partial charge in [-0.25, -0.2) is 0 Å². The van der Waals surface area contributed by atoms with E-state index in [1.807, 2.05) is 6.92 Å². The molecule has 3 nitrogen and oxygen atoms in total. The molecule has 0 amide bonds. The molecular weight excluding hydrogens is 223 g/mol. The second-order valence-corrected chi connectivity index (χ2v) is 3.26. The smallest absolute Gasteiger partial charge is 0.411 e. The Bertz CT molecular complexity index is 285. The van der Waals surface area contributed by atoms with Gasteiger partial charge in [0.1, 0.15) is 12.4 Å². The van der Waals surface area contributed by atoms with E-state index in [1.165, 1.54) is 6.26 Å². The third kappa shape index (κ3) is 4.67. The van der Waals surface area contributed by atoms with Gasteiger partial charge in [-0.05, 0) is 18.7 Å². The molecule has 0 radical (unpaired) electrons. The average Bonchev–Trinajstić information content (AvgIpc) is 2.67. The zero-order valence-electron chi connectivity index (χ0n) is 8.88. The van der Waals surface area contributed by atoms with Gasteiger partial charge in [-0.1, -0.05) is 6.92 Å². The van der Waals surface area contributed by atoms with Crippen molar-refractivity contribution >= 4 is 0 Å². The Morgan fingerprint density at radius 2 is 2.25 bits per heavy atom. The number of hydrogen-bond donors (Lipinski definition) is 1. The van der Waals surface area contributed by atoms with Crippen LogP contribution in [0.4, 0.5) is 13.2 Å². The number of rotatable bonds is 6. The molecule has 1 rings (SSSR count). The molecule has 0 aliphatic carbocycles. The molecular formula is C10H14F3NO2. The standard InChI is InChI=1S/C10H14F3NO2/c1-2-14-8(9-4-3-5-16-9)6-15-7-10(11,12)13/h3-5,8,14H,2,6-7H2,1H3. The molecule has 1 N–H and O–H groups in total. The molecule has 0 bridgehead atoms. The molecule has 1 aromatic rings. The SMILES string of the molecule is CCNC(COCC(F)(F)F)c1ccco1. The molecule has 0 aromatic carbocycles. The Labute approximate surface area is 91.6 Å². The maximum Gasteiger partial charge on any atom is 0.411 e. The Hall–Kier alpha value is -1.01. The Balaban J connectivity index is 2.41. The quantitative estimate of drug-likeness (QED) is 0.825. The topological polar surface area (TPSA) is 34.4 Å². The van der Waals surface area contributed by atoms with Crippen molar-refractivity contribution < 1.29 is 22.3 Å². The van der Waals surface area contributed by atoms with Crippen LogP contribution in [0.25, 0.3) is 0 Å². The highest BCUT2D eigenvalue weighted by Gasteiger charge is 2.28. The first kappa shape index (κ1) is 13.1. The van der Waals surface area contributed by atoms with E-state index in [0.29, 0.717) is 12.3 Å². The van der Waals surface area contributed by atoms with Crippen LogP contribution in [0.1, 0.15) is 18.7 Å². The fourth-order valence-corrected chi connectivity index (χ4v) is 1.27. The molecule has 6 heteroatoms. The number of halogens is 3. The molecule has 0 saturated heterocycles. The van der Waals surface area contributed by atoms with Crippen LogP contribution in [-0.2, 0) is 4.74 Å². The van der Waals surface area contributed by atoms with E-state index in [-0.39, 0.29) is 12.6 Å². The van der Waals surface area contributed by atoms with Gasteiger partial charge in [0, 0.05) is 0 Å². The van der Waals surface area contributed by atoms with Crippen LogP contribution in [0, 0.1) is 0 Å². The van der Waals surface area contributed by atoms with Crippen molar-refractivity contribution in [2.24, 2.45) is 0 Å². The van der Waals surface area contributed by atoms with Crippen molar-refractivity contribution in [3.8, 4) is 0 Å². The first-order chi connectivity index (χ1) is 7.53. The minimum atomic E-state index is -4.29. The van der Waals surface area contributed by atoms with E-state index in [2.05, 4.69) is 10.1 Å². The van der Waals surface area contributed by atoms with Crippen molar-refractivity contribution in [1.29, 1.82) is 0 Å². The van der Waals surface area contributed by atoms with Gasteiger partial charge >= 0.3 is 6.18 Å². The molecule has 1 atom stereocenters. The van der Waals surface area contributed by atoms with Gasteiger partial charge in [-0.3, -0.25) is 0 Å². The van der Waals surface area contributed by atoms with E-state index < -0.39 is 12.8 Å². The van der Waals surface area contributed by atoms with E-state index in [4.69, 9.17) is 4.42 Å². The number of ether oxygens (including phenoxy) is 1. The van der Waals surface area contributed by atoms with E-state index in [9.17, 15) is 13.2 Å². The van der Waals surface area contributed by atoms with Gasteiger partial charge in [-0.2, -0.15) is 13.2 Å².